The van der Waals surface area contributed by atoms with Crippen LogP contribution < -0.4 is 14.8 Å². The number of nitrogens with zero attached hydrogens (tertiary/aromatic N) is 1. The van der Waals surface area contributed by atoms with E-state index in [-0.39, 0.29) is 12.5 Å². The number of amidine groups is 1. The molecule has 3 rings (SSSR count). The van der Waals surface area contributed by atoms with Crippen LogP contribution in [-0.2, 0) is 4.79 Å². The molecule has 8 heteroatoms. The van der Waals surface area contributed by atoms with Crippen molar-refractivity contribution in [2.24, 2.45) is 4.99 Å². The number of ether oxygens (including phenoxy) is 2. The summed E-state index contributed by atoms with van der Waals surface area (Å²) in [6.45, 7) is 2.47. The van der Waals surface area contributed by atoms with Crippen molar-refractivity contribution in [1.82, 2.24) is 5.32 Å². The molecular formula is C21H16BrClN2O3S. The number of carbonyl (C=O) groups is 1. The van der Waals surface area contributed by atoms with Crippen LogP contribution >= 0.6 is 39.3 Å². The van der Waals surface area contributed by atoms with Crippen LogP contribution in [0.1, 0.15) is 12.5 Å². The molecule has 1 fully saturated rings. The van der Waals surface area contributed by atoms with Gasteiger partial charge in [-0.05, 0) is 82.7 Å². The molecule has 0 unspecified atom stereocenters. The largest absolute Gasteiger partial charge is 0.490 e. The second-order valence-electron chi connectivity index (χ2n) is 5.71. The lowest BCUT2D eigenvalue weighted by molar-refractivity contribution is -0.115. The first-order valence-electron chi connectivity index (χ1n) is 8.58. The highest BCUT2D eigenvalue weighted by Crippen LogP contribution is 2.38. The molecule has 1 saturated heterocycles. The minimum absolute atomic E-state index is 0.127. The Balaban J connectivity index is 1.86. The maximum Gasteiger partial charge on any atom is 0.264 e. The maximum atomic E-state index is 12.3. The van der Waals surface area contributed by atoms with E-state index < -0.39 is 0 Å². The summed E-state index contributed by atoms with van der Waals surface area (Å²) in [4.78, 5) is 17.3. The van der Waals surface area contributed by atoms with Gasteiger partial charge in [-0.15, -0.1) is 6.42 Å². The molecule has 1 aliphatic rings. The Hall–Kier alpha value is -2.40. The van der Waals surface area contributed by atoms with Gasteiger partial charge in [0.15, 0.2) is 16.7 Å². The fraction of sp³-hybridized carbons (Fsp3) is 0.143. The predicted molar refractivity (Wildman–Crippen MR) is 122 cm³/mol. The lowest BCUT2D eigenvalue weighted by Gasteiger charge is -2.13. The number of nitrogens with one attached hydrogen (secondary N) is 1. The number of halogens is 2. The van der Waals surface area contributed by atoms with Gasteiger partial charge in [0.05, 0.1) is 21.7 Å². The van der Waals surface area contributed by atoms with Crippen LogP contribution in [0.4, 0.5) is 5.69 Å². The van der Waals surface area contributed by atoms with Crippen LogP contribution in [0.25, 0.3) is 6.08 Å². The Kier molecular flexibility index (Phi) is 7.26. The number of thioether (sulfide) groups is 1. The maximum absolute atomic E-state index is 12.3. The molecule has 0 saturated carbocycles. The van der Waals surface area contributed by atoms with E-state index in [0.29, 0.717) is 43.4 Å². The molecule has 5 nitrogen and oxygen atoms in total. The number of amides is 1. The van der Waals surface area contributed by atoms with E-state index in [0.717, 1.165) is 5.56 Å². The third-order valence-electron chi connectivity index (χ3n) is 3.64. The molecule has 0 bridgehead atoms. The zero-order valence-corrected chi connectivity index (χ0v) is 18.5. The predicted octanol–water partition coefficient (Wildman–Crippen LogP) is 5.40. The molecule has 29 heavy (non-hydrogen) atoms. The van der Waals surface area contributed by atoms with Crippen molar-refractivity contribution in [2.75, 3.05) is 13.2 Å². The number of hydrogen-bond donors (Lipinski definition) is 1. The van der Waals surface area contributed by atoms with E-state index in [1.807, 2.05) is 13.0 Å². The molecule has 148 valence electrons. The molecule has 1 heterocycles. The first kappa shape index (κ1) is 21.3. The van der Waals surface area contributed by atoms with Crippen LogP contribution in [0.5, 0.6) is 11.5 Å². The third-order valence-corrected chi connectivity index (χ3v) is 5.39. The van der Waals surface area contributed by atoms with Crippen LogP contribution in [0.15, 0.2) is 50.8 Å². The van der Waals surface area contributed by atoms with Gasteiger partial charge in [0, 0.05) is 5.02 Å². The number of hydrogen-bond acceptors (Lipinski definition) is 5. The summed E-state index contributed by atoms with van der Waals surface area (Å²) < 4.78 is 11.9. The van der Waals surface area contributed by atoms with Crippen molar-refractivity contribution in [1.29, 1.82) is 0 Å². The average molecular weight is 492 g/mol. The van der Waals surface area contributed by atoms with Crippen LogP contribution in [-0.4, -0.2) is 24.3 Å². The van der Waals surface area contributed by atoms with Gasteiger partial charge in [-0.2, -0.15) is 0 Å². The fourth-order valence-electron chi connectivity index (χ4n) is 2.45. The minimum Gasteiger partial charge on any atom is -0.490 e. The summed E-state index contributed by atoms with van der Waals surface area (Å²) >= 11 is 10.6. The molecule has 2 aromatic carbocycles. The Morgan fingerprint density at radius 1 is 1.31 bits per heavy atom. The standard InChI is InChI=1S/C21H16BrClN2O3S/c1-3-9-28-19-16(22)10-13(11-17(19)27-4-2)12-18-20(26)25-21(29-18)24-15-7-5-14(23)6-8-15/h1,5-8,10-12H,4,9H2,2H3,(H,24,25,26)/b18-12-. The van der Waals surface area contributed by atoms with E-state index in [1.165, 1.54) is 11.8 Å². The Morgan fingerprint density at radius 3 is 2.76 bits per heavy atom. The molecule has 0 spiro atoms. The zero-order valence-electron chi connectivity index (χ0n) is 15.4. The van der Waals surface area contributed by atoms with Crippen molar-refractivity contribution in [3.8, 4) is 23.8 Å². The third kappa shape index (κ3) is 5.57. The van der Waals surface area contributed by atoms with Crippen molar-refractivity contribution in [3.05, 3.63) is 56.4 Å². The normalized spacial score (nSPS) is 16.0. The van der Waals surface area contributed by atoms with Crippen molar-refractivity contribution >= 4 is 62.1 Å². The van der Waals surface area contributed by atoms with E-state index in [9.17, 15) is 4.79 Å². The van der Waals surface area contributed by atoms with E-state index in [4.69, 9.17) is 27.5 Å². The molecule has 1 amide bonds. The fourth-order valence-corrected chi connectivity index (χ4v) is 3.99. The van der Waals surface area contributed by atoms with Gasteiger partial charge >= 0.3 is 0 Å². The van der Waals surface area contributed by atoms with Crippen LogP contribution in [0, 0.1) is 12.3 Å². The molecular weight excluding hydrogens is 476 g/mol. The first-order valence-corrected chi connectivity index (χ1v) is 10.6. The number of aliphatic imine (C=N–C) groups is 1. The molecule has 2 aromatic rings. The second-order valence-corrected chi connectivity index (χ2v) is 8.04. The Bertz CT molecular complexity index is 1030. The molecule has 1 N–H and O–H groups in total. The summed E-state index contributed by atoms with van der Waals surface area (Å²) in [6, 6.07) is 10.7. The molecule has 1 aliphatic heterocycles. The number of terminal acetylenes is 1. The van der Waals surface area contributed by atoms with Crippen LogP contribution in [0.3, 0.4) is 0 Å². The van der Waals surface area contributed by atoms with Gasteiger partial charge in [0.1, 0.15) is 6.61 Å². The lowest BCUT2D eigenvalue weighted by atomic mass is 10.2. The van der Waals surface area contributed by atoms with Crippen molar-refractivity contribution < 1.29 is 14.3 Å². The highest BCUT2D eigenvalue weighted by Gasteiger charge is 2.24. The lowest BCUT2D eigenvalue weighted by Crippen LogP contribution is -2.19. The van der Waals surface area contributed by atoms with Gasteiger partial charge in [-0.25, -0.2) is 4.99 Å². The second kappa shape index (κ2) is 9.88. The van der Waals surface area contributed by atoms with Gasteiger partial charge in [-0.3, -0.25) is 4.79 Å². The topological polar surface area (TPSA) is 59.9 Å². The van der Waals surface area contributed by atoms with Gasteiger partial charge in [0.2, 0.25) is 0 Å². The SMILES string of the molecule is C#CCOc1c(Br)cc(/C=C2\SC(=Nc3ccc(Cl)cc3)NC2=O)cc1OCC. The number of rotatable bonds is 6. The Labute approximate surface area is 186 Å². The van der Waals surface area contributed by atoms with Crippen molar-refractivity contribution in [3.63, 3.8) is 0 Å². The summed E-state index contributed by atoms with van der Waals surface area (Å²) in [5.41, 5.74) is 1.48. The molecule has 0 atom stereocenters. The quantitative estimate of drug-likeness (QED) is 0.434. The smallest absolute Gasteiger partial charge is 0.264 e. The van der Waals surface area contributed by atoms with Gasteiger partial charge in [0.25, 0.3) is 5.91 Å². The first-order chi connectivity index (χ1) is 14.0. The van der Waals surface area contributed by atoms with Gasteiger partial charge < -0.3 is 14.8 Å². The summed E-state index contributed by atoms with van der Waals surface area (Å²) in [5, 5.41) is 3.89. The van der Waals surface area contributed by atoms with E-state index >= 15 is 0 Å². The van der Waals surface area contributed by atoms with Gasteiger partial charge in [-0.1, -0.05) is 17.5 Å². The Morgan fingerprint density at radius 2 is 2.07 bits per heavy atom. The van der Waals surface area contributed by atoms with Crippen molar-refractivity contribution in [2.45, 2.75) is 6.92 Å². The highest BCUT2D eigenvalue weighted by atomic mass is 79.9. The van der Waals surface area contributed by atoms with Crippen LogP contribution in [0.2, 0.25) is 5.02 Å². The zero-order chi connectivity index (χ0) is 20.8. The summed E-state index contributed by atoms with van der Waals surface area (Å²) in [7, 11) is 0. The van der Waals surface area contributed by atoms with E-state index in [1.54, 1.807) is 36.4 Å². The molecule has 0 aliphatic carbocycles. The number of carbonyl (C=O) groups excluding carboxylic acids is 1. The minimum atomic E-state index is -0.218. The monoisotopic (exact) mass is 490 g/mol. The highest BCUT2D eigenvalue weighted by molar-refractivity contribution is 9.10. The molecule has 0 radical (unpaired) electrons. The summed E-state index contributed by atoms with van der Waals surface area (Å²) in [6.07, 6.45) is 7.04. The molecule has 0 aromatic heterocycles. The summed E-state index contributed by atoms with van der Waals surface area (Å²) in [5.74, 6) is 3.29. The van der Waals surface area contributed by atoms with E-state index in [2.05, 4.69) is 32.2 Å². The average Bonchev–Trinajstić information content (AvgIpc) is 3.02. The number of benzene rings is 2.